The van der Waals surface area contributed by atoms with Gasteiger partial charge in [-0.15, -0.1) is 0 Å². The van der Waals surface area contributed by atoms with Crippen LogP contribution in [0.1, 0.15) is 30.0 Å². The highest BCUT2D eigenvalue weighted by atomic mass is 127. The number of ether oxygens (including phenoxy) is 2. The number of esters is 1. The summed E-state index contributed by atoms with van der Waals surface area (Å²) in [5.74, 6) is -0.557. The number of hydrogen-bond donors (Lipinski definition) is 0. The Bertz CT molecular complexity index is 822. The zero-order chi connectivity index (χ0) is 19.5. The van der Waals surface area contributed by atoms with E-state index in [1.165, 1.54) is 6.92 Å². The number of benzene rings is 2. The van der Waals surface area contributed by atoms with E-state index in [1.54, 1.807) is 25.1 Å². The van der Waals surface area contributed by atoms with E-state index in [0.717, 1.165) is 12.1 Å². The van der Waals surface area contributed by atoms with E-state index < -0.39 is 17.7 Å². The van der Waals surface area contributed by atoms with Gasteiger partial charge in [0, 0.05) is 20.6 Å². The van der Waals surface area contributed by atoms with Gasteiger partial charge in [0.1, 0.15) is 18.1 Å². The summed E-state index contributed by atoms with van der Waals surface area (Å²) in [6.07, 6.45) is -4.40. The lowest BCUT2D eigenvalue weighted by molar-refractivity contribution is -0.139. The lowest BCUT2D eigenvalue weighted by atomic mass is 10.1. The quantitative estimate of drug-likeness (QED) is 0.281. The van der Waals surface area contributed by atoms with Gasteiger partial charge in [0.25, 0.3) is 0 Å². The smallest absolute Gasteiger partial charge is 0.419 e. The summed E-state index contributed by atoms with van der Waals surface area (Å²) in [6, 6.07) is 7.10. The summed E-state index contributed by atoms with van der Waals surface area (Å²) in [4.78, 5) is 11.6. The van der Waals surface area contributed by atoms with Gasteiger partial charge >= 0.3 is 12.1 Å². The maximum Gasteiger partial charge on any atom is 0.419 e. The van der Waals surface area contributed by atoms with Crippen molar-refractivity contribution in [2.75, 3.05) is 0 Å². The first kappa shape index (κ1) is 20.8. The molecule has 0 radical (unpaired) electrons. The maximum atomic E-state index is 13.3. The maximum absolute atomic E-state index is 13.3. The van der Waals surface area contributed by atoms with Crippen LogP contribution in [-0.4, -0.2) is 5.97 Å². The fourth-order valence-corrected chi connectivity index (χ4v) is 2.91. The molecule has 0 aliphatic carbocycles. The lowest BCUT2D eigenvalue weighted by Crippen LogP contribution is -2.12. The monoisotopic (exact) mass is 498 g/mol. The third-order valence-electron chi connectivity index (χ3n) is 3.53. The molecule has 0 saturated carbocycles. The van der Waals surface area contributed by atoms with Crippen LogP contribution in [0.2, 0.25) is 5.02 Å². The molecule has 2 rings (SSSR count). The van der Waals surface area contributed by atoms with Crippen molar-refractivity contribution in [1.82, 2.24) is 0 Å². The van der Waals surface area contributed by atoms with Gasteiger partial charge in [0.15, 0.2) is 0 Å². The number of aryl methyl sites for hydroxylation is 1. The average Bonchev–Trinajstić information content (AvgIpc) is 2.56. The summed E-state index contributed by atoms with van der Waals surface area (Å²) in [6.45, 7) is 2.94. The summed E-state index contributed by atoms with van der Waals surface area (Å²) in [7, 11) is 0. The normalized spacial score (nSPS) is 11.3. The number of rotatable bonds is 5. The van der Waals surface area contributed by atoms with Crippen LogP contribution < -0.4 is 9.47 Å². The van der Waals surface area contributed by atoms with Crippen molar-refractivity contribution >= 4 is 40.2 Å². The van der Waals surface area contributed by atoms with Crippen molar-refractivity contribution in [1.29, 1.82) is 0 Å². The Balaban J connectivity index is 2.35. The molecule has 0 unspecified atom stereocenters. The highest BCUT2D eigenvalue weighted by molar-refractivity contribution is 14.1. The highest BCUT2D eigenvalue weighted by Gasteiger charge is 2.35. The first-order chi connectivity index (χ1) is 12.1. The minimum absolute atomic E-state index is 0.174. The molecular weight excluding hydrogens is 484 g/mol. The van der Waals surface area contributed by atoms with Crippen LogP contribution in [0, 0.1) is 10.5 Å². The molecule has 2 aromatic carbocycles. The molecule has 0 fully saturated rings. The molecule has 26 heavy (non-hydrogen) atoms. The number of halogens is 5. The zero-order valence-electron chi connectivity index (χ0n) is 13.9. The summed E-state index contributed by atoms with van der Waals surface area (Å²) in [5, 5.41) is 0.174. The van der Waals surface area contributed by atoms with Crippen LogP contribution in [0.15, 0.2) is 30.3 Å². The SMILES string of the molecule is CCC(=O)Oc1cccc(I)c1COc1cc(Cl)c(C)cc1C(F)(F)F. The Hall–Kier alpha value is -1.48. The van der Waals surface area contributed by atoms with Crippen molar-refractivity contribution in [2.24, 2.45) is 0 Å². The molecule has 0 aromatic heterocycles. The van der Waals surface area contributed by atoms with Crippen molar-refractivity contribution in [2.45, 2.75) is 33.1 Å². The standard InChI is InChI=1S/C18H15ClF3IO3/c1-3-17(24)26-15-6-4-5-14(23)11(15)9-25-16-8-13(19)10(2)7-12(16)18(20,21)22/h4-8H,3,9H2,1-2H3. The third-order valence-corrected chi connectivity index (χ3v) is 4.94. The molecule has 0 amide bonds. The number of carbonyl (C=O) groups is 1. The van der Waals surface area contributed by atoms with E-state index in [9.17, 15) is 18.0 Å². The Morgan fingerprint density at radius 2 is 1.92 bits per heavy atom. The van der Waals surface area contributed by atoms with Crippen LogP contribution in [0.25, 0.3) is 0 Å². The van der Waals surface area contributed by atoms with Crippen LogP contribution in [0.5, 0.6) is 11.5 Å². The van der Waals surface area contributed by atoms with Gasteiger partial charge in [-0.1, -0.05) is 24.6 Å². The molecule has 140 valence electrons. The summed E-state index contributed by atoms with van der Waals surface area (Å²) < 4.78 is 51.2. The van der Waals surface area contributed by atoms with E-state index in [0.29, 0.717) is 14.7 Å². The molecular formula is C18H15ClF3IO3. The number of hydrogen-bond acceptors (Lipinski definition) is 3. The van der Waals surface area contributed by atoms with Crippen LogP contribution >= 0.6 is 34.2 Å². The van der Waals surface area contributed by atoms with Gasteiger partial charge in [0.05, 0.1) is 5.56 Å². The molecule has 3 nitrogen and oxygen atoms in total. The average molecular weight is 499 g/mol. The Morgan fingerprint density at radius 3 is 2.54 bits per heavy atom. The van der Waals surface area contributed by atoms with E-state index in [1.807, 2.05) is 22.6 Å². The molecule has 0 bridgehead atoms. The minimum atomic E-state index is -4.58. The molecule has 0 N–H and O–H groups in total. The number of alkyl halides is 3. The van der Waals surface area contributed by atoms with Gasteiger partial charge in [0.2, 0.25) is 0 Å². The molecule has 0 heterocycles. The van der Waals surface area contributed by atoms with Gasteiger partial charge in [-0.2, -0.15) is 13.2 Å². The molecule has 0 saturated heterocycles. The fraction of sp³-hybridized carbons (Fsp3) is 0.278. The Morgan fingerprint density at radius 1 is 1.23 bits per heavy atom. The van der Waals surface area contributed by atoms with Crippen molar-refractivity contribution in [3.8, 4) is 11.5 Å². The molecule has 0 aliphatic heterocycles. The highest BCUT2D eigenvalue weighted by Crippen LogP contribution is 2.39. The zero-order valence-corrected chi connectivity index (χ0v) is 16.8. The van der Waals surface area contributed by atoms with Gasteiger partial charge in [-0.3, -0.25) is 4.79 Å². The van der Waals surface area contributed by atoms with Crippen molar-refractivity contribution in [3.05, 3.63) is 55.6 Å². The summed E-state index contributed by atoms with van der Waals surface area (Å²) >= 11 is 7.95. The second kappa shape index (κ2) is 8.47. The first-order valence-electron chi connectivity index (χ1n) is 7.61. The Labute approximate surface area is 167 Å². The topological polar surface area (TPSA) is 35.5 Å². The molecule has 0 atom stereocenters. The third kappa shape index (κ3) is 5.03. The van der Waals surface area contributed by atoms with Crippen LogP contribution in [0.4, 0.5) is 13.2 Å². The molecule has 0 aliphatic rings. The first-order valence-corrected chi connectivity index (χ1v) is 9.07. The molecule has 8 heteroatoms. The second-order valence-corrected chi connectivity index (χ2v) is 7.00. The molecule has 2 aromatic rings. The van der Waals surface area contributed by atoms with Crippen LogP contribution in [-0.2, 0) is 17.6 Å². The predicted molar refractivity (Wildman–Crippen MR) is 101 cm³/mol. The van der Waals surface area contributed by atoms with Crippen molar-refractivity contribution < 1.29 is 27.4 Å². The van der Waals surface area contributed by atoms with E-state index in [2.05, 4.69) is 0 Å². The second-order valence-electron chi connectivity index (χ2n) is 5.43. The Kier molecular flexibility index (Phi) is 6.79. The van der Waals surface area contributed by atoms with E-state index in [-0.39, 0.29) is 29.5 Å². The fourth-order valence-electron chi connectivity index (χ4n) is 2.12. The molecule has 0 spiro atoms. The summed E-state index contributed by atoms with van der Waals surface area (Å²) in [5.41, 5.74) is -0.115. The minimum Gasteiger partial charge on any atom is -0.488 e. The largest absolute Gasteiger partial charge is 0.488 e. The van der Waals surface area contributed by atoms with E-state index in [4.69, 9.17) is 21.1 Å². The van der Waals surface area contributed by atoms with Crippen molar-refractivity contribution in [3.63, 3.8) is 0 Å². The van der Waals surface area contributed by atoms with Gasteiger partial charge < -0.3 is 9.47 Å². The van der Waals surface area contributed by atoms with Gasteiger partial charge in [-0.05, 0) is 59.3 Å². The lowest BCUT2D eigenvalue weighted by Gasteiger charge is -2.17. The predicted octanol–water partition coefficient (Wildman–Crippen LogP) is 6.17. The number of carbonyl (C=O) groups excluding carboxylic acids is 1. The van der Waals surface area contributed by atoms with Crippen LogP contribution in [0.3, 0.4) is 0 Å². The van der Waals surface area contributed by atoms with E-state index >= 15 is 0 Å². The van der Waals surface area contributed by atoms with Gasteiger partial charge in [-0.25, -0.2) is 0 Å².